The van der Waals surface area contributed by atoms with E-state index in [9.17, 15) is 4.79 Å². The number of carbonyl (C=O) groups is 1. The van der Waals surface area contributed by atoms with E-state index in [1.54, 1.807) is 0 Å². The number of hydrogen-bond acceptors (Lipinski definition) is 2. The van der Waals surface area contributed by atoms with Gasteiger partial charge in [-0.1, -0.05) is 18.2 Å². The zero-order valence-corrected chi connectivity index (χ0v) is 7.99. The summed E-state index contributed by atoms with van der Waals surface area (Å²) in [6, 6.07) is 7.53. The molecule has 0 aromatic heterocycles. The number of nitrogens with two attached hydrogens (primary N) is 1. The molecule has 0 saturated carbocycles. The molecular weight excluding hydrogens is 176 g/mol. The minimum Gasteiger partial charge on any atom is -0.324 e. The predicted octanol–water partition coefficient (Wildman–Crippen LogP) is 1.29. The lowest BCUT2D eigenvalue weighted by atomic mass is 10.0. The maximum absolute atomic E-state index is 11.5. The van der Waals surface area contributed by atoms with Crippen LogP contribution in [-0.4, -0.2) is 11.9 Å². The van der Waals surface area contributed by atoms with Crippen molar-refractivity contribution in [3.63, 3.8) is 0 Å². The minimum atomic E-state index is -0.358. The van der Waals surface area contributed by atoms with Crippen LogP contribution < -0.4 is 11.1 Å². The summed E-state index contributed by atoms with van der Waals surface area (Å²) >= 11 is 0. The second-order valence-corrected chi connectivity index (χ2v) is 3.65. The summed E-state index contributed by atoms with van der Waals surface area (Å²) in [5, 5.41) is 2.85. The Balaban J connectivity index is 2.29. The van der Waals surface area contributed by atoms with E-state index in [0.29, 0.717) is 0 Å². The van der Waals surface area contributed by atoms with Gasteiger partial charge in [-0.2, -0.15) is 0 Å². The van der Waals surface area contributed by atoms with Crippen molar-refractivity contribution in [2.45, 2.75) is 25.3 Å². The first-order valence-electron chi connectivity index (χ1n) is 4.92. The third-order valence-electron chi connectivity index (χ3n) is 2.57. The molecule has 1 aromatic rings. The van der Waals surface area contributed by atoms with Crippen LogP contribution in [0.15, 0.2) is 24.3 Å². The van der Waals surface area contributed by atoms with E-state index >= 15 is 0 Å². The lowest BCUT2D eigenvalue weighted by molar-refractivity contribution is -0.117. The average Bonchev–Trinajstić information content (AvgIpc) is 2.18. The van der Waals surface area contributed by atoms with Crippen molar-refractivity contribution < 1.29 is 4.79 Å². The molecular formula is C11H14N2O. The van der Waals surface area contributed by atoms with Gasteiger partial charge in [0.1, 0.15) is 0 Å². The van der Waals surface area contributed by atoms with Gasteiger partial charge in [0.05, 0.1) is 6.04 Å². The summed E-state index contributed by atoms with van der Waals surface area (Å²) in [5.74, 6) is -0.0721. The van der Waals surface area contributed by atoms with Gasteiger partial charge in [0.2, 0.25) is 5.91 Å². The minimum absolute atomic E-state index is 0.0721. The van der Waals surface area contributed by atoms with Crippen LogP contribution >= 0.6 is 0 Å². The number of fused-ring (bicyclic) bond motifs is 1. The molecule has 1 aliphatic heterocycles. The van der Waals surface area contributed by atoms with E-state index in [0.717, 1.165) is 24.9 Å². The van der Waals surface area contributed by atoms with Crippen molar-refractivity contribution in [2.75, 3.05) is 5.32 Å². The van der Waals surface area contributed by atoms with Crippen LogP contribution in [0.1, 0.15) is 18.4 Å². The molecule has 74 valence electrons. The fraction of sp³-hybridized carbons (Fsp3) is 0.364. The Hall–Kier alpha value is -1.35. The second-order valence-electron chi connectivity index (χ2n) is 3.65. The summed E-state index contributed by atoms with van der Waals surface area (Å²) in [4.78, 5) is 11.5. The normalized spacial score (nSPS) is 21.8. The highest BCUT2D eigenvalue weighted by atomic mass is 16.2. The largest absolute Gasteiger partial charge is 0.324 e. The maximum Gasteiger partial charge on any atom is 0.241 e. The third-order valence-corrected chi connectivity index (χ3v) is 2.57. The highest BCUT2D eigenvalue weighted by molar-refractivity contribution is 5.95. The Morgan fingerprint density at radius 1 is 1.36 bits per heavy atom. The Kier molecular flexibility index (Phi) is 2.50. The number of carbonyl (C=O) groups excluding carboxylic acids is 1. The molecule has 0 spiro atoms. The van der Waals surface area contributed by atoms with Gasteiger partial charge in [-0.3, -0.25) is 4.79 Å². The molecule has 1 aromatic carbocycles. The number of rotatable bonds is 0. The van der Waals surface area contributed by atoms with Crippen molar-refractivity contribution >= 4 is 11.6 Å². The van der Waals surface area contributed by atoms with Gasteiger partial charge in [0, 0.05) is 5.69 Å². The Bertz CT molecular complexity index is 349. The predicted molar refractivity (Wildman–Crippen MR) is 56.0 cm³/mol. The zero-order chi connectivity index (χ0) is 9.97. The van der Waals surface area contributed by atoms with Gasteiger partial charge in [-0.25, -0.2) is 0 Å². The smallest absolute Gasteiger partial charge is 0.241 e. The van der Waals surface area contributed by atoms with E-state index in [4.69, 9.17) is 5.73 Å². The fourth-order valence-electron chi connectivity index (χ4n) is 1.73. The first kappa shape index (κ1) is 9.21. The zero-order valence-electron chi connectivity index (χ0n) is 7.99. The number of benzene rings is 1. The molecule has 3 heteroatoms. The highest BCUT2D eigenvalue weighted by Gasteiger charge is 2.17. The van der Waals surface area contributed by atoms with Crippen molar-refractivity contribution in [1.82, 2.24) is 0 Å². The second kappa shape index (κ2) is 3.80. The number of nitrogens with one attached hydrogen (secondary N) is 1. The van der Waals surface area contributed by atoms with Crippen LogP contribution in [0.5, 0.6) is 0 Å². The van der Waals surface area contributed by atoms with Crippen molar-refractivity contribution in [3.8, 4) is 0 Å². The number of aryl methyl sites for hydroxylation is 1. The molecule has 2 rings (SSSR count). The third kappa shape index (κ3) is 1.77. The molecule has 1 aliphatic rings. The van der Waals surface area contributed by atoms with Crippen molar-refractivity contribution in [1.29, 1.82) is 0 Å². The standard InChI is InChI=1S/C11H14N2O/c12-9-6-3-5-8-4-1-2-7-10(8)13-11(9)14/h1-2,4,7,9H,3,5-6,12H2,(H,13,14). The van der Waals surface area contributed by atoms with Gasteiger partial charge in [0.15, 0.2) is 0 Å². The summed E-state index contributed by atoms with van der Waals surface area (Å²) in [6.07, 6.45) is 2.73. The monoisotopic (exact) mass is 190 g/mol. The van der Waals surface area contributed by atoms with Crippen LogP contribution in [0.25, 0.3) is 0 Å². The summed E-state index contributed by atoms with van der Waals surface area (Å²) < 4.78 is 0. The first-order valence-corrected chi connectivity index (χ1v) is 4.92. The van der Waals surface area contributed by atoms with E-state index in [2.05, 4.69) is 5.32 Å². The van der Waals surface area contributed by atoms with E-state index in [-0.39, 0.29) is 11.9 Å². The molecule has 3 N–H and O–H groups in total. The lowest BCUT2D eigenvalue weighted by Gasteiger charge is -2.18. The molecule has 0 radical (unpaired) electrons. The number of hydrogen-bond donors (Lipinski definition) is 2. The van der Waals surface area contributed by atoms with Crippen LogP contribution in [-0.2, 0) is 11.2 Å². The molecule has 1 atom stereocenters. The molecule has 1 heterocycles. The molecule has 14 heavy (non-hydrogen) atoms. The van der Waals surface area contributed by atoms with E-state index in [1.165, 1.54) is 5.56 Å². The Labute approximate surface area is 83.3 Å². The van der Waals surface area contributed by atoms with Crippen LogP contribution in [0, 0.1) is 0 Å². The summed E-state index contributed by atoms with van der Waals surface area (Å²) in [5.41, 5.74) is 7.80. The molecule has 0 fully saturated rings. The van der Waals surface area contributed by atoms with E-state index in [1.807, 2.05) is 24.3 Å². The fourth-order valence-corrected chi connectivity index (χ4v) is 1.73. The van der Waals surface area contributed by atoms with Crippen molar-refractivity contribution in [3.05, 3.63) is 29.8 Å². The number of anilines is 1. The van der Waals surface area contributed by atoms with Gasteiger partial charge in [0.25, 0.3) is 0 Å². The van der Waals surface area contributed by atoms with Gasteiger partial charge < -0.3 is 11.1 Å². The van der Waals surface area contributed by atoms with Crippen LogP contribution in [0.3, 0.4) is 0 Å². The average molecular weight is 190 g/mol. The summed E-state index contributed by atoms with van der Waals surface area (Å²) in [6.45, 7) is 0. The number of para-hydroxylation sites is 1. The van der Waals surface area contributed by atoms with E-state index < -0.39 is 0 Å². The first-order chi connectivity index (χ1) is 6.77. The molecule has 1 amide bonds. The summed E-state index contributed by atoms with van der Waals surface area (Å²) in [7, 11) is 0. The highest BCUT2D eigenvalue weighted by Crippen LogP contribution is 2.20. The SMILES string of the molecule is NC1CCCc2ccccc2NC1=O. The molecule has 1 unspecified atom stereocenters. The van der Waals surface area contributed by atoms with Crippen LogP contribution in [0.2, 0.25) is 0 Å². The van der Waals surface area contributed by atoms with Gasteiger partial charge in [-0.15, -0.1) is 0 Å². The van der Waals surface area contributed by atoms with Crippen LogP contribution in [0.4, 0.5) is 5.69 Å². The molecule has 0 saturated heterocycles. The maximum atomic E-state index is 11.5. The Morgan fingerprint density at radius 2 is 2.14 bits per heavy atom. The quantitative estimate of drug-likeness (QED) is 0.647. The van der Waals surface area contributed by atoms with Gasteiger partial charge in [-0.05, 0) is 30.9 Å². The molecule has 0 aliphatic carbocycles. The van der Waals surface area contributed by atoms with Gasteiger partial charge >= 0.3 is 0 Å². The molecule has 3 nitrogen and oxygen atoms in total. The molecule has 0 bridgehead atoms. The lowest BCUT2D eigenvalue weighted by Crippen LogP contribution is -2.36. The topological polar surface area (TPSA) is 55.1 Å². The number of amides is 1. The Morgan fingerprint density at radius 3 is 3.00 bits per heavy atom. The van der Waals surface area contributed by atoms with Crippen molar-refractivity contribution in [2.24, 2.45) is 5.73 Å².